The van der Waals surface area contributed by atoms with E-state index in [2.05, 4.69) is 25.4 Å². The fourth-order valence-electron chi connectivity index (χ4n) is 0.813. The Bertz CT molecular complexity index is 571. The van der Waals surface area contributed by atoms with Crippen LogP contribution in [0.2, 0.25) is 0 Å². The lowest BCUT2D eigenvalue weighted by Crippen LogP contribution is -2.07. The van der Waals surface area contributed by atoms with Crippen molar-refractivity contribution in [1.29, 1.82) is 0 Å². The lowest BCUT2D eigenvalue weighted by Gasteiger charge is -1.86. The lowest BCUT2D eigenvalue weighted by atomic mass is 10.6. The minimum atomic E-state index is -1.50. The highest BCUT2D eigenvalue weighted by atomic mass is 16.9. The number of nitrogens with zero attached hydrogens (tertiary/aromatic N) is 6. The van der Waals surface area contributed by atoms with Gasteiger partial charge >= 0.3 is 6.01 Å². The molecule has 0 aromatic carbocycles. The lowest BCUT2D eigenvalue weighted by molar-refractivity contribution is -0.742. The minimum absolute atomic E-state index is 0.00647. The molecule has 15 nitrogen and oxygen atoms in total. The maximum atomic E-state index is 10.0. The normalized spacial score (nSPS) is 9.26. The van der Waals surface area contributed by atoms with E-state index in [1.165, 1.54) is 0 Å². The van der Waals surface area contributed by atoms with Gasteiger partial charge in [-0.3, -0.25) is 5.10 Å². The maximum absolute atomic E-state index is 10.0. The first kappa shape index (κ1) is 13.5. The molecule has 2 rings (SSSR count). The molecule has 0 radical (unpaired) electrons. The molecule has 0 aliphatic heterocycles. The summed E-state index contributed by atoms with van der Waals surface area (Å²) in [5.74, 6) is 0.0898. The van der Waals surface area contributed by atoms with Gasteiger partial charge < -0.3 is 15.4 Å². The maximum Gasteiger partial charge on any atom is 0.375 e. The van der Waals surface area contributed by atoms with Crippen LogP contribution in [-0.2, 0) is 0 Å². The van der Waals surface area contributed by atoms with Gasteiger partial charge in [0, 0.05) is 0 Å². The number of nitro groups is 1. The summed E-state index contributed by atoms with van der Waals surface area (Å²) in [5.41, 5.74) is 6.93. The molecule has 0 atom stereocenters. The molecule has 2 aromatic rings. The van der Waals surface area contributed by atoms with Crippen molar-refractivity contribution < 1.29 is 19.7 Å². The summed E-state index contributed by atoms with van der Waals surface area (Å²) in [6.07, 6.45) is 0. The fraction of sp³-hybridized carbons (Fsp3) is 0. The number of anilines is 2. The van der Waals surface area contributed by atoms with Gasteiger partial charge in [0.15, 0.2) is 5.03 Å². The molecule has 0 spiro atoms. The van der Waals surface area contributed by atoms with Crippen LogP contribution in [0.1, 0.15) is 0 Å². The minimum Gasteiger partial charge on any atom is -0.397 e. The third-order valence-electron chi connectivity index (χ3n) is 1.32. The van der Waals surface area contributed by atoms with E-state index in [4.69, 9.17) is 25.5 Å². The summed E-state index contributed by atoms with van der Waals surface area (Å²) in [7, 11) is 0. The van der Waals surface area contributed by atoms with Gasteiger partial charge in [0.25, 0.3) is 11.0 Å². The summed E-state index contributed by atoms with van der Waals surface area (Å²) in [6, 6.07) is -0.357. The molecule has 0 amide bonds. The predicted molar refractivity (Wildman–Crippen MR) is 53.5 cm³/mol. The van der Waals surface area contributed by atoms with Crippen molar-refractivity contribution >= 4 is 12.0 Å². The molecule has 0 saturated carbocycles. The summed E-state index contributed by atoms with van der Waals surface area (Å²) >= 11 is 0. The number of nitrogen functional groups attached to an aromatic ring is 1. The molecule has 2 heterocycles. The van der Waals surface area contributed by atoms with Crippen molar-refractivity contribution in [1.82, 2.24) is 25.4 Å². The molecule has 15 heteroatoms. The van der Waals surface area contributed by atoms with E-state index in [0.717, 1.165) is 0 Å². The van der Waals surface area contributed by atoms with Crippen LogP contribution in [0, 0.1) is 20.2 Å². The molecule has 0 saturated heterocycles. The van der Waals surface area contributed by atoms with E-state index in [0.29, 0.717) is 0 Å². The number of hydrogen-bond acceptors (Lipinski definition) is 10. The summed E-state index contributed by atoms with van der Waals surface area (Å²) in [4.78, 5) is 22.1. The number of rotatable bonds is 3. The summed E-state index contributed by atoms with van der Waals surface area (Å²) in [6.45, 7) is 0. The van der Waals surface area contributed by atoms with Crippen LogP contribution < -0.4 is 11.2 Å². The Labute approximate surface area is 101 Å². The zero-order chi connectivity index (χ0) is 14.4. The Balaban J connectivity index is 0.000000399. The SMILES string of the molecule is Nc1n[nH]c(-c2nnc(N[N+](=O)[O-])o2)n1.O=[N+]([O-])O. The molecule has 2 aromatic heterocycles. The van der Waals surface area contributed by atoms with Crippen molar-refractivity contribution in [2.24, 2.45) is 0 Å². The Hall–Kier alpha value is -3.52. The number of H-pyrrole nitrogens is 1. The van der Waals surface area contributed by atoms with Crippen LogP contribution >= 0.6 is 0 Å². The van der Waals surface area contributed by atoms with Gasteiger partial charge in [0.2, 0.25) is 11.8 Å². The largest absolute Gasteiger partial charge is 0.397 e. The molecule has 19 heavy (non-hydrogen) atoms. The van der Waals surface area contributed by atoms with Crippen molar-refractivity contribution in [2.45, 2.75) is 0 Å². The van der Waals surface area contributed by atoms with Gasteiger partial charge in [-0.15, -0.1) is 20.3 Å². The van der Waals surface area contributed by atoms with Gasteiger partial charge in [-0.05, 0) is 0 Å². The van der Waals surface area contributed by atoms with E-state index in [1.807, 2.05) is 0 Å². The highest BCUT2D eigenvalue weighted by Gasteiger charge is 2.14. The Kier molecular flexibility index (Phi) is 4.07. The average molecular weight is 275 g/mol. The van der Waals surface area contributed by atoms with E-state index in [9.17, 15) is 10.1 Å². The number of aromatic nitrogens is 5. The average Bonchev–Trinajstić information content (AvgIpc) is 2.85. The topological polar surface area (TPSA) is 225 Å². The second kappa shape index (κ2) is 5.70. The third-order valence-corrected chi connectivity index (χ3v) is 1.32. The van der Waals surface area contributed by atoms with Crippen molar-refractivity contribution in [2.75, 3.05) is 11.2 Å². The zero-order valence-electron chi connectivity index (χ0n) is 8.75. The quantitative estimate of drug-likeness (QED) is 0.378. The van der Waals surface area contributed by atoms with Crippen LogP contribution in [0.4, 0.5) is 12.0 Å². The Morgan fingerprint density at radius 1 is 1.37 bits per heavy atom. The molecule has 102 valence electrons. The second-order valence-electron chi connectivity index (χ2n) is 2.56. The van der Waals surface area contributed by atoms with Crippen LogP contribution in [0.25, 0.3) is 11.7 Å². The number of hydrogen-bond donors (Lipinski definition) is 4. The molecule has 0 fully saturated rings. The van der Waals surface area contributed by atoms with E-state index in [1.54, 1.807) is 5.43 Å². The van der Waals surface area contributed by atoms with Crippen LogP contribution in [0.15, 0.2) is 4.42 Å². The molecule has 0 aliphatic rings. The van der Waals surface area contributed by atoms with Crippen LogP contribution in [0.3, 0.4) is 0 Å². The van der Waals surface area contributed by atoms with Gasteiger partial charge in [-0.25, -0.2) is 10.1 Å². The second-order valence-corrected chi connectivity index (χ2v) is 2.56. The van der Waals surface area contributed by atoms with Gasteiger partial charge in [0.1, 0.15) is 0 Å². The number of aromatic amines is 1. The first-order valence-electron chi connectivity index (χ1n) is 4.14. The van der Waals surface area contributed by atoms with E-state index < -0.39 is 10.1 Å². The molecule has 0 bridgehead atoms. The van der Waals surface area contributed by atoms with Crippen molar-refractivity contribution in [3.05, 3.63) is 20.2 Å². The van der Waals surface area contributed by atoms with Gasteiger partial charge in [0.05, 0.1) is 0 Å². The van der Waals surface area contributed by atoms with E-state index >= 15 is 0 Å². The molecule has 0 unspecified atom stereocenters. The summed E-state index contributed by atoms with van der Waals surface area (Å²) in [5, 5.41) is 35.6. The molecule has 0 aliphatic carbocycles. The van der Waals surface area contributed by atoms with Crippen molar-refractivity contribution in [3.63, 3.8) is 0 Å². The first-order valence-corrected chi connectivity index (χ1v) is 4.14. The number of nitrogens with two attached hydrogens (primary N) is 1. The van der Waals surface area contributed by atoms with Crippen LogP contribution in [-0.4, -0.2) is 40.7 Å². The standard InChI is InChI=1S/C4H4N8O3.HNO3/c5-3-6-1(7-9-3)2-8-10-4(15-2)11-12(13)14;2-1(3)4/h(H,10,11)(H3,5,6,7,9);(H,2,3,4). The predicted octanol–water partition coefficient (Wildman–Crippen LogP) is -1.31. The van der Waals surface area contributed by atoms with Crippen LogP contribution in [0.5, 0.6) is 0 Å². The molecule has 5 N–H and O–H groups in total. The smallest absolute Gasteiger partial charge is 0.375 e. The van der Waals surface area contributed by atoms with Gasteiger partial charge in [-0.2, -0.15) is 4.98 Å². The fourth-order valence-corrected chi connectivity index (χ4v) is 0.813. The highest BCUT2D eigenvalue weighted by molar-refractivity contribution is 5.42. The number of hydrazine groups is 1. The van der Waals surface area contributed by atoms with Gasteiger partial charge in [-0.1, -0.05) is 10.5 Å². The third kappa shape index (κ3) is 4.46. The summed E-state index contributed by atoms with van der Waals surface area (Å²) < 4.78 is 4.83. The van der Waals surface area contributed by atoms with E-state index in [-0.39, 0.29) is 23.7 Å². The molecular weight excluding hydrogens is 270 g/mol. The Morgan fingerprint density at radius 2 is 2.00 bits per heavy atom. The monoisotopic (exact) mass is 275 g/mol. The Morgan fingerprint density at radius 3 is 2.47 bits per heavy atom. The van der Waals surface area contributed by atoms with Crippen molar-refractivity contribution in [3.8, 4) is 11.7 Å². The first-order chi connectivity index (χ1) is 8.88. The molecular formula is C4H5N9O6. The zero-order valence-corrected chi connectivity index (χ0v) is 8.75. The highest BCUT2D eigenvalue weighted by Crippen LogP contribution is 2.15. The number of nitrogens with one attached hydrogen (secondary N) is 2.